The van der Waals surface area contributed by atoms with Crippen LogP contribution in [0.3, 0.4) is 0 Å². The topological polar surface area (TPSA) is 72.0 Å². The lowest BCUT2D eigenvalue weighted by Gasteiger charge is -1.98. The van der Waals surface area contributed by atoms with Crippen LogP contribution in [0.4, 0.5) is 0 Å². The summed E-state index contributed by atoms with van der Waals surface area (Å²) in [5.74, 6) is 0.893. The molecule has 0 atom stereocenters. The standard InChI is InChI=1S/C14H9Cl2N3O2/c15-9-6-11(16)13(17-7-9)14-18-12(21-19-14)5-8-2-1-3-10(20)4-8/h1-4,6-7,20H,5H2. The van der Waals surface area contributed by atoms with E-state index in [1.165, 1.54) is 6.20 Å². The Hall–Kier alpha value is -2.11. The van der Waals surface area contributed by atoms with Crippen molar-refractivity contribution in [1.29, 1.82) is 0 Å². The Morgan fingerprint density at radius 2 is 2.05 bits per heavy atom. The molecule has 0 saturated carbocycles. The van der Waals surface area contributed by atoms with Crippen molar-refractivity contribution in [2.75, 3.05) is 0 Å². The minimum absolute atomic E-state index is 0.189. The maximum absolute atomic E-state index is 9.43. The molecule has 21 heavy (non-hydrogen) atoms. The Kier molecular flexibility index (Phi) is 3.77. The highest BCUT2D eigenvalue weighted by atomic mass is 35.5. The van der Waals surface area contributed by atoms with Gasteiger partial charge in [-0.2, -0.15) is 4.98 Å². The summed E-state index contributed by atoms with van der Waals surface area (Å²) >= 11 is 11.8. The van der Waals surface area contributed by atoms with Gasteiger partial charge in [0.05, 0.1) is 16.5 Å². The second kappa shape index (κ2) is 5.71. The molecule has 3 aromatic rings. The van der Waals surface area contributed by atoms with E-state index < -0.39 is 0 Å². The van der Waals surface area contributed by atoms with Crippen molar-refractivity contribution < 1.29 is 9.63 Å². The smallest absolute Gasteiger partial charge is 0.231 e. The van der Waals surface area contributed by atoms with Crippen molar-refractivity contribution in [1.82, 2.24) is 15.1 Å². The molecule has 0 saturated heterocycles. The third-order valence-corrected chi connectivity index (χ3v) is 3.25. The van der Waals surface area contributed by atoms with E-state index in [0.717, 1.165) is 5.56 Å². The molecular weight excluding hydrogens is 313 g/mol. The van der Waals surface area contributed by atoms with Crippen molar-refractivity contribution in [2.24, 2.45) is 0 Å². The van der Waals surface area contributed by atoms with Gasteiger partial charge in [0.25, 0.3) is 0 Å². The number of phenolic OH excluding ortho intramolecular Hbond substituents is 1. The van der Waals surface area contributed by atoms with Crippen LogP contribution in [-0.2, 0) is 6.42 Å². The van der Waals surface area contributed by atoms with Crippen LogP contribution in [-0.4, -0.2) is 20.2 Å². The number of halogens is 2. The first kappa shape index (κ1) is 13.9. The molecule has 3 rings (SSSR count). The van der Waals surface area contributed by atoms with Crippen molar-refractivity contribution in [3.05, 3.63) is 58.0 Å². The first-order chi connectivity index (χ1) is 10.1. The van der Waals surface area contributed by atoms with E-state index in [2.05, 4.69) is 15.1 Å². The number of rotatable bonds is 3. The number of pyridine rings is 1. The Bertz CT molecular complexity index is 789. The molecule has 0 spiro atoms. The van der Waals surface area contributed by atoms with Crippen molar-refractivity contribution >= 4 is 23.2 Å². The lowest BCUT2D eigenvalue weighted by molar-refractivity contribution is 0.385. The van der Waals surface area contributed by atoms with E-state index in [9.17, 15) is 5.11 Å². The molecule has 7 heteroatoms. The van der Waals surface area contributed by atoms with Crippen LogP contribution in [0.25, 0.3) is 11.5 Å². The van der Waals surface area contributed by atoms with Crippen LogP contribution in [0.1, 0.15) is 11.5 Å². The molecule has 0 aliphatic rings. The van der Waals surface area contributed by atoms with Gasteiger partial charge in [-0.3, -0.25) is 0 Å². The molecule has 0 radical (unpaired) electrons. The summed E-state index contributed by atoms with van der Waals surface area (Å²) in [6.45, 7) is 0. The number of aromatic nitrogens is 3. The molecule has 1 N–H and O–H groups in total. The number of aromatic hydroxyl groups is 1. The second-order valence-corrected chi connectivity index (χ2v) is 5.19. The SMILES string of the molecule is Oc1cccc(Cc2nc(-c3ncc(Cl)cc3Cl)no2)c1. The Balaban J connectivity index is 1.86. The zero-order chi connectivity index (χ0) is 14.8. The summed E-state index contributed by atoms with van der Waals surface area (Å²) in [6, 6.07) is 8.41. The molecule has 106 valence electrons. The highest BCUT2D eigenvalue weighted by molar-refractivity contribution is 6.35. The largest absolute Gasteiger partial charge is 0.508 e. The maximum Gasteiger partial charge on any atom is 0.231 e. The van der Waals surface area contributed by atoms with Gasteiger partial charge in [0.15, 0.2) is 0 Å². The van der Waals surface area contributed by atoms with Gasteiger partial charge < -0.3 is 9.63 Å². The van der Waals surface area contributed by atoms with Crippen LogP contribution in [0, 0.1) is 0 Å². The first-order valence-electron chi connectivity index (χ1n) is 6.04. The van der Waals surface area contributed by atoms with E-state index in [4.69, 9.17) is 27.7 Å². The van der Waals surface area contributed by atoms with Crippen LogP contribution < -0.4 is 0 Å². The van der Waals surface area contributed by atoms with E-state index in [1.54, 1.807) is 24.3 Å². The molecule has 0 aliphatic heterocycles. The molecule has 2 aromatic heterocycles. The average Bonchev–Trinajstić information content (AvgIpc) is 2.87. The summed E-state index contributed by atoms with van der Waals surface area (Å²) in [6.07, 6.45) is 1.88. The summed E-state index contributed by atoms with van der Waals surface area (Å²) in [5.41, 5.74) is 1.27. The zero-order valence-electron chi connectivity index (χ0n) is 10.6. The fraction of sp³-hybridized carbons (Fsp3) is 0.0714. The van der Waals surface area contributed by atoms with Gasteiger partial charge in [0.2, 0.25) is 11.7 Å². The first-order valence-corrected chi connectivity index (χ1v) is 6.79. The lowest BCUT2D eigenvalue weighted by Crippen LogP contribution is -1.90. The zero-order valence-corrected chi connectivity index (χ0v) is 12.1. The monoisotopic (exact) mass is 321 g/mol. The van der Waals surface area contributed by atoms with Gasteiger partial charge in [0, 0.05) is 6.20 Å². The summed E-state index contributed by atoms with van der Waals surface area (Å²) in [7, 11) is 0. The van der Waals surface area contributed by atoms with Gasteiger partial charge in [-0.25, -0.2) is 4.98 Å². The Labute approximate surface area is 130 Å². The van der Waals surface area contributed by atoms with Crippen molar-refractivity contribution in [3.63, 3.8) is 0 Å². The maximum atomic E-state index is 9.43. The normalized spacial score (nSPS) is 10.8. The van der Waals surface area contributed by atoms with Gasteiger partial charge in [-0.05, 0) is 23.8 Å². The molecule has 0 bridgehead atoms. The van der Waals surface area contributed by atoms with Gasteiger partial charge in [-0.1, -0.05) is 40.5 Å². The third-order valence-electron chi connectivity index (χ3n) is 2.75. The molecule has 2 heterocycles. The number of benzene rings is 1. The Morgan fingerprint density at radius 1 is 1.19 bits per heavy atom. The van der Waals surface area contributed by atoms with Crippen LogP contribution in [0.5, 0.6) is 5.75 Å². The third kappa shape index (κ3) is 3.15. The fourth-order valence-electron chi connectivity index (χ4n) is 1.84. The molecule has 0 unspecified atom stereocenters. The van der Waals surface area contributed by atoms with Crippen molar-refractivity contribution in [2.45, 2.75) is 6.42 Å². The number of nitrogens with zero attached hydrogens (tertiary/aromatic N) is 3. The molecule has 1 aromatic carbocycles. The highest BCUT2D eigenvalue weighted by Gasteiger charge is 2.14. The number of hydrogen-bond acceptors (Lipinski definition) is 5. The van der Waals surface area contributed by atoms with Crippen LogP contribution in [0.15, 0.2) is 41.1 Å². The summed E-state index contributed by atoms with van der Waals surface area (Å²) < 4.78 is 5.17. The summed E-state index contributed by atoms with van der Waals surface area (Å²) in [5, 5.41) is 14.1. The predicted molar refractivity (Wildman–Crippen MR) is 78.5 cm³/mol. The van der Waals surface area contributed by atoms with E-state index in [-0.39, 0.29) is 5.75 Å². The van der Waals surface area contributed by atoms with Gasteiger partial charge in [0.1, 0.15) is 11.4 Å². The minimum atomic E-state index is 0.189. The molecular formula is C14H9Cl2N3O2. The number of phenols is 1. The van der Waals surface area contributed by atoms with Gasteiger partial charge in [-0.15, -0.1) is 0 Å². The van der Waals surface area contributed by atoms with Gasteiger partial charge >= 0.3 is 0 Å². The van der Waals surface area contributed by atoms with E-state index >= 15 is 0 Å². The fourth-order valence-corrected chi connectivity index (χ4v) is 2.31. The van der Waals surface area contributed by atoms with Crippen LogP contribution >= 0.6 is 23.2 Å². The second-order valence-electron chi connectivity index (χ2n) is 4.34. The summed E-state index contributed by atoms with van der Waals surface area (Å²) in [4.78, 5) is 8.34. The number of hydrogen-bond donors (Lipinski definition) is 1. The molecule has 0 fully saturated rings. The van der Waals surface area contributed by atoms with E-state index in [1.807, 2.05) is 6.07 Å². The average molecular weight is 322 g/mol. The predicted octanol–water partition coefficient (Wildman–Crippen LogP) is 3.73. The van der Waals surface area contributed by atoms with Crippen molar-refractivity contribution in [3.8, 4) is 17.3 Å². The quantitative estimate of drug-likeness (QED) is 0.795. The molecule has 0 amide bonds. The molecule has 5 nitrogen and oxygen atoms in total. The molecule has 0 aliphatic carbocycles. The lowest BCUT2D eigenvalue weighted by atomic mass is 10.1. The van der Waals surface area contributed by atoms with Crippen LogP contribution in [0.2, 0.25) is 10.0 Å². The Morgan fingerprint density at radius 3 is 2.81 bits per heavy atom. The highest BCUT2D eigenvalue weighted by Crippen LogP contribution is 2.26. The minimum Gasteiger partial charge on any atom is -0.508 e. The van der Waals surface area contributed by atoms with E-state index in [0.29, 0.717) is 33.9 Å².